The van der Waals surface area contributed by atoms with Crippen LogP contribution >= 0.6 is 0 Å². The SMILES string of the molecule is COC1CC(C(=O)Nc2ccc(-n3ccccc3=O)cc2F)CC1C(N)=O. The van der Waals surface area contributed by atoms with E-state index in [9.17, 15) is 18.8 Å². The maximum Gasteiger partial charge on any atom is 0.255 e. The maximum atomic E-state index is 14.4. The number of nitrogens with one attached hydrogen (secondary N) is 1. The van der Waals surface area contributed by atoms with Crippen LogP contribution in [0.2, 0.25) is 0 Å². The third-order valence-electron chi connectivity index (χ3n) is 4.85. The Morgan fingerprint density at radius 1 is 1.26 bits per heavy atom. The normalized spacial score (nSPS) is 21.8. The Morgan fingerprint density at radius 2 is 2.04 bits per heavy atom. The van der Waals surface area contributed by atoms with Crippen molar-refractivity contribution in [3.05, 3.63) is 58.8 Å². The van der Waals surface area contributed by atoms with Gasteiger partial charge in [0.25, 0.3) is 5.56 Å². The van der Waals surface area contributed by atoms with E-state index in [0.717, 1.165) is 0 Å². The van der Waals surface area contributed by atoms with Gasteiger partial charge < -0.3 is 15.8 Å². The highest BCUT2D eigenvalue weighted by Gasteiger charge is 2.41. The standard InChI is InChI=1S/C19H20FN3O4/c1-27-16-9-11(8-13(16)18(21)25)19(26)22-15-6-5-12(10-14(15)20)23-7-3-2-4-17(23)24/h2-7,10-11,13,16H,8-9H2,1H3,(H2,21,25)(H,22,26). The average Bonchev–Trinajstić information content (AvgIpc) is 3.09. The summed E-state index contributed by atoms with van der Waals surface area (Å²) < 4.78 is 21.0. The first-order valence-electron chi connectivity index (χ1n) is 8.51. The van der Waals surface area contributed by atoms with Crippen LogP contribution in [0.5, 0.6) is 0 Å². The number of aromatic nitrogens is 1. The molecule has 0 aliphatic heterocycles. The van der Waals surface area contributed by atoms with Crippen molar-refractivity contribution in [2.24, 2.45) is 17.6 Å². The number of halogens is 1. The van der Waals surface area contributed by atoms with E-state index in [2.05, 4.69) is 5.32 Å². The number of nitrogens with zero attached hydrogens (tertiary/aromatic N) is 1. The van der Waals surface area contributed by atoms with Crippen molar-refractivity contribution in [3.63, 3.8) is 0 Å². The lowest BCUT2D eigenvalue weighted by atomic mass is 10.0. The third kappa shape index (κ3) is 3.90. The number of rotatable bonds is 5. The quantitative estimate of drug-likeness (QED) is 0.828. The molecule has 2 amide bonds. The summed E-state index contributed by atoms with van der Waals surface area (Å²) >= 11 is 0. The molecule has 3 rings (SSSR count). The highest BCUT2D eigenvalue weighted by atomic mass is 19.1. The summed E-state index contributed by atoms with van der Waals surface area (Å²) in [5.41, 5.74) is 5.42. The molecule has 8 heteroatoms. The Hall–Kier alpha value is -3.00. The van der Waals surface area contributed by atoms with Gasteiger partial charge in [-0.2, -0.15) is 0 Å². The van der Waals surface area contributed by atoms with Crippen LogP contribution in [-0.4, -0.2) is 29.6 Å². The van der Waals surface area contributed by atoms with Crippen LogP contribution in [0.15, 0.2) is 47.4 Å². The lowest BCUT2D eigenvalue weighted by Gasteiger charge is -2.13. The molecule has 1 aliphatic rings. The molecule has 0 radical (unpaired) electrons. The topological polar surface area (TPSA) is 103 Å². The predicted molar refractivity (Wildman–Crippen MR) is 96.8 cm³/mol. The predicted octanol–water partition coefficient (Wildman–Crippen LogP) is 1.44. The van der Waals surface area contributed by atoms with Crippen molar-refractivity contribution in [1.29, 1.82) is 0 Å². The van der Waals surface area contributed by atoms with Crippen LogP contribution in [0.4, 0.5) is 10.1 Å². The molecule has 0 spiro atoms. The number of anilines is 1. The first-order chi connectivity index (χ1) is 12.9. The van der Waals surface area contributed by atoms with Crippen molar-refractivity contribution >= 4 is 17.5 Å². The summed E-state index contributed by atoms with van der Waals surface area (Å²) in [5.74, 6) is -2.61. The van der Waals surface area contributed by atoms with E-state index in [1.165, 1.54) is 36.1 Å². The Balaban J connectivity index is 1.75. The van der Waals surface area contributed by atoms with Gasteiger partial charge in [0, 0.05) is 31.4 Å². The molecule has 0 saturated heterocycles. The number of carbonyl (C=O) groups excluding carboxylic acids is 2. The molecule has 1 aromatic heterocycles. The highest BCUT2D eigenvalue weighted by Crippen LogP contribution is 2.34. The largest absolute Gasteiger partial charge is 0.381 e. The monoisotopic (exact) mass is 373 g/mol. The Labute approximate surface area is 154 Å². The van der Waals surface area contributed by atoms with E-state index in [1.807, 2.05) is 0 Å². The van der Waals surface area contributed by atoms with Crippen molar-refractivity contribution in [3.8, 4) is 5.69 Å². The molecule has 1 aliphatic carbocycles. The number of ether oxygens (including phenoxy) is 1. The van der Waals surface area contributed by atoms with Crippen LogP contribution in [0.1, 0.15) is 12.8 Å². The van der Waals surface area contributed by atoms with E-state index in [4.69, 9.17) is 10.5 Å². The lowest BCUT2D eigenvalue weighted by molar-refractivity contribution is -0.125. The molecule has 3 unspecified atom stereocenters. The van der Waals surface area contributed by atoms with Gasteiger partial charge in [-0.15, -0.1) is 0 Å². The van der Waals surface area contributed by atoms with Gasteiger partial charge in [0.2, 0.25) is 11.8 Å². The molecule has 1 saturated carbocycles. The molecule has 1 heterocycles. The molecule has 7 nitrogen and oxygen atoms in total. The second kappa shape index (κ2) is 7.71. The first-order valence-corrected chi connectivity index (χ1v) is 8.51. The molecule has 27 heavy (non-hydrogen) atoms. The van der Waals surface area contributed by atoms with Gasteiger partial charge in [0.05, 0.1) is 23.4 Å². The summed E-state index contributed by atoms with van der Waals surface area (Å²) in [4.78, 5) is 35.8. The fraction of sp³-hybridized carbons (Fsp3) is 0.316. The number of amides is 2. The van der Waals surface area contributed by atoms with Gasteiger partial charge in [-0.3, -0.25) is 19.0 Å². The van der Waals surface area contributed by atoms with Crippen molar-refractivity contribution < 1.29 is 18.7 Å². The average molecular weight is 373 g/mol. The zero-order valence-electron chi connectivity index (χ0n) is 14.7. The molecule has 142 valence electrons. The zero-order chi connectivity index (χ0) is 19.6. The number of hydrogen-bond acceptors (Lipinski definition) is 4. The number of pyridine rings is 1. The van der Waals surface area contributed by atoms with Crippen LogP contribution in [-0.2, 0) is 14.3 Å². The summed E-state index contributed by atoms with van der Waals surface area (Å²) in [7, 11) is 1.46. The van der Waals surface area contributed by atoms with E-state index < -0.39 is 35.6 Å². The van der Waals surface area contributed by atoms with Crippen LogP contribution < -0.4 is 16.6 Å². The molecule has 3 N–H and O–H groups in total. The van der Waals surface area contributed by atoms with Crippen molar-refractivity contribution in [2.75, 3.05) is 12.4 Å². The van der Waals surface area contributed by atoms with Crippen molar-refractivity contribution in [2.45, 2.75) is 18.9 Å². The fourth-order valence-electron chi connectivity index (χ4n) is 3.40. The second-order valence-electron chi connectivity index (χ2n) is 6.51. The van der Waals surface area contributed by atoms with Gasteiger partial charge in [-0.1, -0.05) is 6.07 Å². The minimum absolute atomic E-state index is 0.00391. The van der Waals surface area contributed by atoms with E-state index in [0.29, 0.717) is 12.1 Å². The van der Waals surface area contributed by atoms with Gasteiger partial charge >= 0.3 is 0 Å². The summed E-state index contributed by atoms with van der Waals surface area (Å²) in [5, 5.41) is 2.54. The molecule has 1 aromatic carbocycles. The second-order valence-corrected chi connectivity index (χ2v) is 6.51. The summed E-state index contributed by atoms with van der Waals surface area (Å²) in [6.07, 6.45) is 1.71. The number of primary amides is 1. The molecule has 2 aromatic rings. The van der Waals surface area contributed by atoms with Gasteiger partial charge in [0.15, 0.2) is 0 Å². The molecule has 0 bridgehead atoms. The summed E-state index contributed by atoms with van der Waals surface area (Å²) in [6, 6.07) is 8.74. The number of carbonyl (C=O) groups is 2. The number of methoxy groups -OCH3 is 1. The Kier molecular flexibility index (Phi) is 5.36. The Bertz CT molecular complexity index is 927. The van der Waals surface area contributed by atoms with Gasteiger partial charge in [-0.05, 0) is 31.0 Å². The van der Waals surface area contributed by atoms with Crippen LogP contribution in [0.3, 0.4) is 0 Å². The zero-order valence-corrected chi connectivity index (χ0v) is 14.7. The number of nitrogens with two attached hydrogens (primary N) is 1. The van der Waals surface area contributed by atoms with Crippen LogP contribution in [0, 0.1) is 17.7 Å². The molecule has 1 fully saturated rings. The van der Waals surface area contributed by atoms with Crippen molar-refractivity contribution in [1.82, 2.24) is 4.57 Å². The minimum Gasteiger partial charge on any atom is -0.381 e. The molecular weight excluding hydrogens is 353 g/mol. The first kappa shape index (κ1) is 18.8. The number of hydrogen-bond donors (Lipinski definition) is 2. The minimum atomic E-state index is -0.663. The smallest absolute Gasteiger partial charge is 0.255 e. The lowest BCUT2D eigenvalue weighted by Crippen LogP contribution is -2.30. The third-order valence-corrected chi connectivity index (χ3v) is 4.85. The summed E-state index contributed by atoms with van der Waals surface area (Å²) in [6.45, 7) is 0. The Morgan fingerprint density at radius 3 is 2.63 bits per heavy atom. The van der Waals surface area contributed by atoms with Gasteiger partial charge in [-0.25, -0.2) is 4.39 Å². The number of benzene rings is 1. The maximum absolute atomic E-state index is 14.4. The van der Waals surface area contributed by atoms with E-state index in [-0.39, 0.29) is 17.7 Å². The van der Waals surface area contributed by atoms with E-state index >= 15 is 0 Å². The molecule has 3 atom stereocenters. The molecular formula is C19H20FN3O4. The van der Waals surface area contributed by atoms with E-state index in [1.54, 1.807) is 18.2 Å². The van der Waals surface area contributed by atoms with Gasteiger partial charge in [0.1, 0.15) is 5.82 Å². The highest BCUT2D eigenvalue weighted by molar-refractivity contribution is 5.93. The fourth-order valence-corrected chi connectivity index (χ4v) is 3.40. The van der Waals surface area contributed by atoms with Crippen LogP contribution in [0.25, 0.3) is 5.69 Å².